The summed E-state index contributed by atoms with van der Waals surface area (Å²) in [5.41, 5.74) is 2.97. The summed E-state index contributed by atoms with van der Waals surface area (Å²) in [5, 5.41) is 1.67. The second-order valence-corrected chi connectivity index (χ2v) is 14.0. The lowest BCUT2D eigenvalue weighted by molar-refractivity contribution is -0.408. The summed E-state index contributed by atoms with van der Waals surface area (Å²) < 4.78 is 24.9. The van der Waals surface area contributed by atoms with Crippen LogP contribution >= 0.6 is 47.2 Å². The Hall–Kier alpha value is 0.140. The molecule has 0 aliphatic rings. The SMILES string of the molecule is CCCCOC(OCC)(OCCC)C(OC)C(=O)N(SC)N(NC(C)=O)C(SCC)(SCCC)SCCCC. The van der Waals surface area contributed by atoms with Gasteiger partial charge in [0.1, 0.15) is 0 Å². The number of ether oxygens (including phenoxy) is 4. The lowest BCUT2D eigenvalue weighted by Gasteiger charge is -2.47. The predicted octanol–water partition coefficient (Wildman–Crippen LogP) is 6.35. The van der Waals surface area contributed by atoms with E-state index in [1.165, 1.54) is 30.4 Å². The summed E-state index contributed by atoms with van der Waals surface area (Å²) in [6.07, 6.45) is 5.98. The van der Waals surface area contributed by atoms with Crippen molar-refractivity contribution in [3.05, 3.63) is 0 Å². The van der Waals surface area contributed by atoms with Crippen molar-refractivity contribution in [3.8, 4) is 0 Å². The molecular weight excluding hydrogens is 579 g/mol. The lowest BCUT2D eigenvalue weighted by Crippen LogP contribution is -2.65. The fourth-order valence-corrected chi connectivity index (χ4v) is 9.10. The van der Waals surface area contributed by atoms with Gasteiger partial charge in [-0.15, -0.1) is 35.3 Å². The van der Waals surface area contributed by atoms with E-state index in [2.05, 4.69) is 33.1 Å². The van der Waals surface area contributed by atoms with Crippen LogP contribution in [0.3, 0.4) is 0 Å². The summed E-state index contributed by atoms with van der Waals surface area (Å²) in [7, 11) is 1.45. The zero-order chi connectivity index (χ0) is 29.7. The fourth-order valence-electron chi connectivity index (χ4n) is 3.36. The standard InChI is InChI=1S/C26H53N3O6S4/c1-10-16-19-35-25(33-14-5,34-18-12-3)23(32-8)24(31)28(36-9)29(27-22(7)30)26(37-15-6,38-20-13-4)39-21-17-11-2/h23H,10-21H2,1-9H3,(H,27,30). The molecule has 0 spiro atoms. The van der Waals surface area contributed by atoms with E-state index in [-0.39, 0.29) is 12.5 Å². The lowest BCUT2D eigenvalue weighted by atomic mass is 10.2. The Morgan fingerprint density at radius 2 is 1.49 bits per heavy atom. The Morgan fingerprint density at radius 3 is 1.97 bits per heavy atom. The van der Waals surface area contributed by atoms with Crippen LogP contribution in [0, 0.1) is 0 Å². The number of rotatable bonds is 25. The Bertz CT molecular complexity index is 669. The van der Waals surface area contributed by atoms with Gasteiger partial charge >= 0.3 is 5.97 Å². The Labute approximate surface area is 254 Å². The molecule has 39 heavy (non-hydrogen) atoms. The van der Waals surface area contributed by atoms with Gasteiger partial charge in [-0.2, -0.15) is 4.41 Å². The first-order valence-electron chi connectivity index (χ1n) is 14.0. The summed E-state index contributed by atoms with van der Waals surface area (Å²) in [4.78, 5) is 27.0. The van der Waals surface area contributed by atoms with Gasteiger partial charge in [-0.05, 0) is 61.8 Å². The molecule has 0 aromatic heterocycles. The van der Waals surface area contributed by atoms with Crippen LogP contribution in [-0.2, 0) is 28.5 Å². The molecule has 0 rings (SSSR count). The number of nitrogens with zero attached hydrogens (tertiary/aromatic N) is 2. The average molecular weight is 632 g/mol. The molecule has 0 aromatic carbocycles. The molecule has 0 saturated heterocycles. The molecule has 0 bridgehead atoms. The van der Waals surface area contributed by atoms with Gasteiger partial charge in [0.2, 0.25) is 12.0 Å². The van der Waals surface area contributed by atoms with Gasteiger partial charge in [-0.25, -0.2) is 0 Å². The molecule has 9 nitrogen and oxygen atoms in total. The monoisotopic (exact) mass is 631 g/mol. The van der Waals surface area contributed by atoms with Crippen molar-refractivity contribution < 1.29 is 28.5 Å². The van der Waals surface area contributed by atoms with Crippen molar-refractivity contribution >= 4 is 59.0 Å². The number of thioether (sulfide) groups is 3. The van der Waals surface area contributed by atoms with Crippen LogP contribution in [-0.4, -0.2) is 87.4 Å². The van der Waals surface area contributed by atoms with Crippen LogP contribution in [0.15, 0.2) is 0 Å². The third kappa shape index (κ3) is 12.9. The number of hydrogen-bond acceptors (Lipinski definition) is 11. The van der Waals surface area contributed by atoms with Gasteiger partial charge in [0, 0.05) is 26.9 Å². The maximum atomic E-state index is 14.4. The molecule has 0 aliphatic heterocycles. The first-order chi connectivity index (χ1) is 18.7. The minimum absolute atomic E-state index is 0.256. The van der Waals surface area contributed by atoms with Crippen molar-refractivity contribution in [1.82, 2.24) is 15.0 Å². The van der Waals surface area contributed by atoms with E-state index in [4.69, 9.17) is 18.9 Å². The number of unbranched alkanes of at least 4 members (excludes halogenated alkanes) is 2. The molecule has 232 valence electrons. The number of methoxy groups -OCH3 is 1. The normalized spacial score (nSPS) is 15.5. The number of carbonyl (C=O) groups excluding carboxylic acids is 2. The molecule has 1 N–H and O–H groups in total. The van der Waals surface area contributed by atoms with Crippen LogP contribution in [0.4, 0.5) is 0 Å². The average Bonchev–Trinajstić information content (AvgIpc) is 2.91. The summed E-state index contributed by atoms with van der Waals surface area (Å²) in [5.74, 6) is 0.0711. The van der Waals surface area contributed by atoms with Gasteiger partial charge < -0.3 is 18.9 Å². The summed E-state index contributed by atoms with van der Waals surface area (Å²) in [6.45, 7) is 14.6. The number of carbonyl (C=O) groups is 2. The second-order valence-electron chi connectivity index (χ2n) is 8.48. The van der Waals surface area contributed by atoms with Gasteiger partial charge in [0.25, 0.3) is 5.91 Å². The first-order valence-corrected chi connectivity index (χ1v) is 18.2. The van der Waals surface area contributed by atoms with E-state index in [0.29, 0.717) is 19.6 Å². The molecule has 2 amide bonds. The number of nitrogens with one attached hydrogen (secondary N) is 1. The quantitative estimate of drug-likeness (QED) is 0.0529. The number of hydrogen-bond donors (Lipinski definition) is 1. The van der Waals surface area contributed by atoms with E-state index in [1.807, 2.05) is 13.8 Å². The van der Waals surface area contributed by atoms with E-state index >= 15 is 0 Å². The minimum atomic E-state index is -1.73. The highest BCUT2D eigenvalue weighted by molar-refractivity contribution is 8.33. The van der Waals surface area contributed by atoms with E-state index < -0.39 is 21.5 Å². The zero-order valence-electron chi connectivity index (χ0n) is 25.5. The fraction of sp³-hybridized carbons (Fsp3) is 0.923. The molecule has 0 heterocycles. The highest BCUT2D eigenvalue weighted by atomic mass is 32.3. The Kier molecular flexibility index (Phi) is 22.8. The van der Waals surface area contributed by atoms with E-state index in [9.17, 15) is 9.59 Å². The third-order valence-corrected chi connectivity index (χ3v) is 10.9. The molecule has 0 saturated carbocycles. The van der Waals surface area contributed by atoms with Gasteiger partial charge in [0.05, 0.1) is 13.2 Å². The Balaban J connectivity index is 6.81. The molecule has 3 unspecified atom stereocenters. The van der Waals surface area contributed by atoms with Crippen LogP contribution in [0.25, 0.3) is 0 Å². The van der Waals surface area contributed by atoms with Crippen LogP contribution < -0.4 is 5.43 Å². The first kappa shape index (κ1) is 39.1. The van der Waals surface area contributed by atoms with E-state index in [0.717, 1.165) is 49.4 Å². The maximum absolute atomic E-state index is 14.4. The molecular formula is C26H53N3O6S4. The van der Waals surface area contributed by atoms with Crippen LogP contribution in [0.5, 0.6) is 0 Å². The third-order valence-electron chi connectivity index (χ3n) is 5.10. The van der Waals surface area contributed by atoms with E-state index in [1.54, 1.807) is 46.7 Å². The zero-order valence-corrected chi connectivity index (χ0v) is 28.8. The number of amides is 2. The Morgan fingerprint density at radius 1 is 0.846 bits per heavy atom. The van der Waals surface area contributed by atoms with Crippen molar-refractivity contribution in [2.24, 2.45) is 0 Å². The largest absolute Gasteiger partial charge is 0.364 e. The van der Waals surface area contributed by atoms with Gasteiger partial charge in [-0.1, -0.05) is 52.6 Å². The summed E-state index contributed by atoms with van der Waals surface area (Å²) >= 11 is 6.33. The molecule has 0 aromatic rings. The second kappa shape index (κ2) is 22.7. The van der Waals surface area contributed by atoms with Crippen molar-refractivity contribution in [1.29, 1.82) is 0 Å². The van der Waals surface area contributed by atoms with Crippen molar-refractivity contribution in [2.75, 3.05) is 50.4 Å². The number of hydrazine groups is 2. The topological polar surface area (TPSA) is 89.6 Å². The molecule has 0 fully saturated rings. The maximum Gasteiger partial charge on any atom is 0.320 e. The molecule has 0 radical (unpaired) electrons. The van der Waals surface area contributed by atoms with Crippen molar-refractivity contribution in [3.63, 3.8) is 0 Å². The highest BCUT2D eigenvalue weighted by Crippen LogP contribution is 2.51. The predicted molar refractivity (Wildman–Crippen MR) is 169 cm³/mol. The minimum Gasteiger partial charge on any atom is -0.364 e. The van der Waals surface area contributed by atoms with Crippen LogP contribution in [0.1, 0.15) is 87.0 Å². The van der Waals surface area contributed by atoms with Crippen molar-refractivity contribution in [2.45, 2.75) is 103 Å². The molecule has 3 atom stereocenters. The summed E-state index contributed by atoms with van der Waals surface area (Å²) in [6, 6.07) is 0. The molecule has 13 heteroatoms. The van der Waals surface area contributed by atoms with Crippen LogP contribution in [0.2, 0.25) is 0 Å². The highest BCUT2D eigenvalue weighted by Gasteiger charge is 2.53. The molecule has 0 aliphatic carbocycles. The smallest absolute Gasteiger partial charge is 0.320 e. The van der Waals surface area contributed by atoms with Gasteiger partial charge in [-0.3, -0.25) is 15.0 Å². The van der Waals surface area contributed by atoms with Gasteiger partial charge in [0.15, 0.2) is 3.54 Å².